The molecule has 0 radical (unpaired) electrons. The molecule has 0 N–H and O–H groups in total. The molecule has 0 unspecified atom stereocenters. The third-order valence-electron chi connectivity index (χ3n) is 2.48. The molecule has 1 heterocycles. The quantitative estimate of drug-likeness (QED) is 0.273. The van der Waals surface area contributed by atoms with Gasteiger partial charge in [0.15, 0.2) is 12.4 Å². The van der Waals surface area contributed by atoms with Crippen LogP contribution in [0.2, 0.25) is 0 Å². The maximum atomic E-state index is 10.8. The molecule has 1 aromatic carbocycles. The van der Waals surface area contributed by atoms with Crippen molar-refractivity contribution < 1.29 is 14.5 Å². The molecule has 0 bridgehead atoms. The minimum atomic E-state index is -0.458. The second-order valence-corrected chi connectivity index (χ2v) is 3.92. The first kappa shape index (κ1) is 13.5. The van der Waals surface area contributed by atoms with Crippen LogP contribution in [0.15, 0.2) is 53.9 Å². The number of pyridine rings is 1. The van der Waals surface area contributed by atoms with Crippen LogP contribution in [0.5, 0.6) is 0 Å². The SMILES string of the molecule is O=[N+]([O-])c1ccc(CO/N=C/c2cc[n+]([O-])cc2)cc1. The average Bonchev–Trinajstić information content (AvgIpc) is 2.46. The number of nitrogens with zero attached hydrogens (tertiary/aromatic N) is 3. The van der Waals surface area contributed by atoms with Crippen LogP contribution < -0.4 is 4.73 Å². The van der Waals surface area contributed by atoms with Crippen LogP contribution >= 0.6 is 0 Å². The van der Waals surface area contributed by atoms with Crippen molar-refractivity contribution >= 4 is 11.9 Å². The van der Waals surface area contributed by atoms with E-state index in [0.717, 1.165) is 11.1 Å². The summed E-state index contributed by atoms with van der Waals surface area (Å²) in [7, 11) is 0. The van der Waals surface area contributed by atoms with E-state index in [-0.39, 0.29) is 12.3 Å². The average molecular weight is 273 g/mol. The van der Waals surface area contributed by atoms with E-state index in [2.05, 4.69) is 5.16 Å². The third-order valence-corrected chi connectivity index (χ3v) is 2.48. The molecule has 20 heavy (non-hydrogen) atoms. The highest BCUT2D eigenvalue weighted by atomic mass is 16.6. The molecule has 0 saturated carbocycles. The second kappa shape index (κ2) is 6.28. The summed E-state index contributed by atoms with van der Waals surface area (Å²) in [5.74, 6) is 0. The van der Waals surface area contributed by atoms with Crippen molar-refractivity contribution in [2.45, 2.75) is 6.61 Å². The van der Waals surface area contributed by atoms with Gasteiger partial charge in [-0.15, -0.1) is 0 Å². The van der Waals surface area contributed by atoms with Crippen LogP contribution in [0.1, 0.15) is 11.1 Å². The molecule has 102 valence electrons. The van der Waals surface area contributed by atoms with Crippen molar-refractivity contribution in [3.8, 4) is 0 Å². The molecule has 0 atom stereocenters. The summed E-state index contributed by atoms with van der Waals surface area (Å²) < 4.78 is 0.676. The van der Waals surface area contributed by atoms with Gasteiger partial charge < -0.3 is 10.0 Å². The molecule has 0 spiro atoms. The highest BCUT2D eigenvalue weighted by Crippen LogP contribution is 2.12. The minimum absolute atomic E-state index is 0.0347. The van der Waals surface area contributed by atoms with Crippen molar-refractivity contribution in [1.82, 2.24) is 0 Å². The van der Waals surface area contributed by atoms with E-state index in [1.54, 1.807) is 24.3 Å². The van der Waals surface area contributed by atoms with Gasteiger partial charge in [0.2, 0.25) is 0 Å². The van der Waals surface area contributed by atoms with Gasteiger partial charge in [-0.3, -0.25) is 10.1 Å². The Morgan fingerprint density at radius 3 is 2.45 bits per heavy atom. The van der Waals surface area contributed by atoms with Crippen molar-refractivity contribution in [3.63, 3.8) is 0 Å². The van der Waals surface area contributed by atoms with Gasteiger partial charge in [0.25, 0.3) is 5.69 Å². The van der Waals surface area contributed by atoms with Gasteiger partial charge in [0.1, 0.15) is 6.61 Å². The Morgan fingerprint density at radius 2 is 1.85 bits per heavy atom. The predicted octanol–water partition coefficient (Wildman–Crippen LogP) is 1.78. The second-order valence-electron chi connectivity index (χ2n) is 3.92. The molecular formula is C13H11N3O4. The highest BCUT2D eigenvalue weighted by Gasteiger charge is 2.03. The third kappa shape index (κ3) is 3.77. The summed E-state index contributed by atoms with van der Waals surface area (Å²) >= 11 is 0. The number of aromatic nitrogens is 1. The fourth-order valence-electron chi connectivity index (χ4n) is 1.43. The summed E-state index contributed by atoms with van der Waals surface area (Å²) in [6.45, 7) is 0.211. The lowest BCUT2D eigenvalue weighted by Gasteiger charge is -1.99. The van der Waals surface area contributed by atoms with Crippen LogP contribution in [0.3, 0.4) is 0 Å². The minimum Gasteiger partial charge on any atom is -0.619 e. The van der Waals surface area contributed by atoms with E-state index in [9.17, 15) is 15.3 Å². The Balaban J connectivity index is 1.86. The fourth-order valence-corrected chi connectivity index (χ4v) is 1.43. The predicted molar refractivity (Wildman–Crippen MR) is 70.9 cm³/mol. The molecule has 0 aliphatic heterocycles. The Hall–Kier alpha value is -2.96. The molecule has 2 aromatic rings. The molecule has 7 nitrogen and oxygen atoms in total. The number of hydrogen-bond donors (Lipinski definition) is 0. The van der Waals surface area contributed by atoms with E-state index in [1.807, 2.05) is 0 Å². The maximum absolute atomic E-state index is 10.8. The monoisotopic (exact) mass is 273 g/mol. The number of oxime groups is 1. The first-order chi connectivity index (χ1) is 9.65. The van der Waals surface area contributed by atoms with Crippen LogP contribution in [-0.2, 0) is 11.4 Å². The zero-order valence-electron chi connectivity index (χ0n) is 10.4. The van der Waals surface area contributed by atoms with Gasteiger partial charge in [0, 0.05) is 29.8 Å². The standard InChI is InChI=1S/C13H11N3O4/c17-15-7-5-11(6-8-15)9-14-20-10-12-1-3-13(4-2-12)16(18)19/h1-9H,10H2/b14-9+. The first-order valence-electron chi connectivity index (χ1n) is 5.72. The molecule has 2 rings (SSSR count). The lowest BCUT2D eigenvalue weighted by atomic mass is 10.2. The number of nitro benzene ring substituents is 1. The van der Waals surface area contributed by atoms with Crippen LogP contribution in [0, 0.1) is 15.3 Å². The summed E-state index contributed by atoms with van der Waals surface area (Å²) in [4.78, 5) is 15.1. The van der Waals surface area contributed by atoms with Gasteiger partial charge >= 0.3 is 0 Å². The van der Waals surface area contributed by atoms with Crippen molar-refractivity contribution in [2.75, 3.05) is 0 Å². The number of hydrogen-bond acceptors (Lipinski definition) is 5. The molecule has 0 aliphatic carbocycles. The van der Waals surface area contributed by atoms with E-state index in [1.165, 1.54) is 30.7 Å². The molecule has 1 aromatic heterocycles. The Kier molecular flexibility index (Phi) is 4.23. The Morgan fingerprint density at radius 1 is 1.20 bits per heavy atom. The Labute approximate surface area is 114 Å². The smallest absolute Gasteiger partial charge is 0.269 e. The van der Waals surface area contributed by atoms with Gasteiger partial charge in [0.05, 0.1) is 11.1 Å². The summed E-state index contributed by atoms with van der Waals surface area (Å²) in [5, 5.41) is 25.0. The normalized spacial score (nSPS) is 10.6. The van der Waals surface area contributed by atoms with E-state index in [0.29, 0.717) is 4.73 Å². The van der Waals surface area contributed by atoms with Gasteiger partial charge in [-0.1, -0.05) is 5.16 Å². The number of nitro groups is 1. The molecule has 0 aliphatic rings. The highest BCUT2D eigenvalue weighted by molar-refractivity contribution is 5.78. The lowest BCUT2D eigenvalue weighted by molar-refractivity contribution is -0.605. The van der Waals surface area contributed by atoms with Crippen LogP contribution in [0.4, 0.5) is 5.69 Å². The van der Waals surface area contributed by atoms with Gasteiger partial charge in [-0.25, -0.2) is 0 Å². The lowest BCUT2D eigenvalue weighted by Crippen LogP contribution is -2.23. The zero-order chi connectivity index (χ0) is 14.4. The molecule has 0 amide bonds. The molecule has 0 saturated heterocycles. The van der Waals surface area contributed by atoms with Crippen molar-refractivity contribution in [2.24, 2.45) is 5.16 Å². The maximum Gasteiger partial charge on any atom is 0.269 e. The van der Waals surface area contributed by atoms with Gasteiger partial charge in [-0.2, -0.15) is 4.73 Å². The molecule has 0 fully saturated rings. The van der Waals surface area contributed by atoms with Crippen molar-refractivity contribution in [3.05, 3.63) is 75.2 Å². The zero-order valence-corrected chi connectivity index (χ0v) is 10.4. The molecular weight excluding hydrogens is 262 g/mol. The number of non-ortho nitro benzene ring substituents is 1. The molecule has 7 heteroatoms. The van der Waals surface area contributed by atoms with E-state index in [4.69, 9.17) is 4.84 Å². The van der Waals surface area contributed by atoms with Crippen LogP contribution in [0.25, 0.3) is 0 Å². The van der Waals surface area contributed by atoms with Gasteiger partial charge in [-0.05, 0) is 17.7 Å². The number of rotatable bonds is 5. The summed E-state index contributed by atoms with van der Waals surface area (Å²) in [6, 6.07) is 9.24. The van der Waals surface area contributed by atoms with E-state index >= 15 is 0 Å². The topological polar surface area (TPSA) is 91.7 Å². The van der Waals surface area contributed by atoms with Crippen molar-refractivity contribution in [1.29, 1.82) is 0 Å². The first-order valence-corrected chi connectivity index (χ1v) is 5.72. The Bertz CT molecular complexity index is 609. The fraction of sp³-hybridized carbons (Fsp3) is 0.0769. The summed E-state index contributed by atoms with van der Waals surface area (Å²) in [5.41, 5.74) is 1.55. The van der Waals surface area contributed by atoms with E-state index < -0.39 is 4.92 Å². The largest absolute Gasteiger partial charge is 0.619 e. The van der Waals surface area contributed by atoms with Crippen LogP contribution in [-0.4, -0.2) is 11.1 Å². The summed E-state index contributed by atoms with van der Waals surface area (Å²) in [6.07, 6.45) is 4.20. The number of benzene rings is 1.